The Morgan fingerprint density at radius 3 is 2.14 bits per heavy atom. The van der Waals surface area contributed by atoms with Gasteiger partial charge in [0, 0.05) is 23.8 Å². The fourth-order valence-electron chi connectivity index (χ4n) is 4.63. The highest BCUT2D eigenvalue weighted by Gasteiger charge is 2.29. The number of hydrogen-bond acceptors (Lipinski definition) is 5. The molecule has 4 rings (SSSR count). The van der Waals surface area contributed by atoms with Gasteiger partial charge in [0.15, 0.2) is 5.78 Å². The average molecular weight is 612 g/mol. The number of sulfonamides is 1. The molecule has 2 N–H and O–H groups in total. The predicted octanol–water partition coefficient (Wildman–Crippen LogP) is 5.06. The van der Waals surface area contributed by atoms with Gasteiger partial charge in [-0.2, -0.15) is 4.31 Å². The Balaban J connectivity index is 1.66. The van der Waals surface area contributed by atoms with Crippen LogP contribution in [0.2, 0.25) is 5.02 Å². The van der Waals surface area contributed by atoms with Crippen molar-refractivity contribution in [3.8, 4) is 5.75 Å². The quantitative estimate of drug-likeness (QED) is 0.213. The standard InChI is InChI=1S/C31H31ClFN3O5S/c1-21-28(31(34)38)19-29(36(21)18-16-23-5-9-25(33)10-6-23)30(37)20-35(17-15-22-3-7-24(32)8-4-22)42(39,40)27-13-11-26(41-2)12-14-27/h3-14,19H,15-18,20H2,1-2H3,(H2,34,38). The van der Waals surface area contributed by atoms with Crippen LogP contribution in [-0.2, 0) is 29.4 Å². The van der Waals surface area contributed by atoms with Gasteiger partial charge in [0.1, 0.15) is 11.6 Å². The highest BCUT2D eigenvalue weighted by molar-refractivity contribution is 7.89. The van der Waals surface area contributed by atoms with E-state index < -0.39 is 28.3 Å². The largest absolute Gasteiger partial charge is 0.497 e. The summed E-state index contributed by atoms with van der Waals surface area (Å²) >= 11 is 6.00. The fraction of sp³-hybridized carbons (Fsp3) is 0.226. The Kier molecular flexibility index (Phi) is 9.82. The van der Waals surface area contributed by atoms with Crippen molar-refractivity contribution < 1.29 is 27.1 Å². The van der Waals surface area contributed by atoms with E-state index in [0.29, 0.717) is 35.9 Å². The summed E-state index contributed by atoms with van der Waals surface area (Å²) in [5.74, 6) is -1.07. The van der Waals surface area contributed by atoms with Gasteiger partial charge in [-0.15, -0.1) is 0 Å². The average Bonchev–Trinajstić information content (AvgIpc) is 3.32. The number of primary amides is 1. The third kappa shape index (κ3) is 7.25. The Hall–Kier alpha value is -3.99. The minimum Gasteiger partial charge on any atom is -0.497 e. The number of halogens is 2. The van der Waals surface area contributed by atoms with Crippen LogP contribution in [0.15, 0.2) is 83.8 Å². The van der Waals surface area contributed by atoms with E-state index in [1.54, 1.807) is 47.9 Å². The number of nitrogens with two attached hydrogens (primary N) is 1. The van der Waals surface area contributed by atoms with E-state index in [-0.39, 0.29) is 28.5 Å². The second kappa shape index (κ2) is 13.3. The number of rotatable bonds is 13. The van der Waals surface area contributed by atoms with E-state index in [2.05, 4.69) is 0 Å². The molecular weight excluding hydrogens is 581 g/mol. The summed E-state index contributed by atoms with van der Waals surface area (Å²) in [6.07, 6.45) is 0.773. The van der Waals surface area contributed by atoms with Gasteiger partial charge in [0.25, 0.3) is 5.91 Å². The number of aromatic nitrogens is 1. The topological polar surface area (TPSA) is 112 Å². The van der Waals surface area contributed by atoms with E-state index in [1.165, 1.54) is 49.6 Å². The third-order valence-electron chi connectivity index (χ3n) is 7.04. The molecule has 0 saturated heterocycles. The molecule has 0 radical (unpaired) electrons. The van der Waals surface area contributed by atoms with Gasteiger partial charge in [-0.3, -0.25) is 9.59 Å². The lowest BCUT2D eigenvalue weighted by Crippen LogP contribution is -2.38. The molecule has 8 nitrogen and oxygen atoms in total. The Morgan fingerprint density at radius 2 is 1.55 bits per heavy atom. The SMILES string of the molecule is COc1ccc(S(=O)(=O)N(CCc2ccc(Cl)cc2)CC(=O)c2cc(C(N)=O)c(C)n2CCc2ccc(F)cc2)cc1. The Morgan fingerprint density at radius 1 is 0.952 bits per heavy atom. The van der Waals surface area contributed by atoms with Gasteiger partial charge < -0.3 is 15.0 Å². The number of nitrogens with zero attached hydrogens (tertiary/aromatic N) is 2. The monoisotopic (exact) mass is 611 g/mol. The van der Waals surface area contributed by atoms with Crippen molar-refractivity contribution in [3.05, 3.63) is 118 Å². The van der Waals surface area contributed by atoms with Crippen LogP contribution in [0.25, 0.3) is 0 Å². The van der Waals surface area contributed by atoms with Crippen molar-refractivity contribution in [1.29, 1.82) is 0 Å². The molecule has 0 fully saturated rings. The smallest absolute Gasteiger partial charge is 0.250 e. The van der Waals surface area contributed by atoms with Crippen LogP contribution in [0.5, 0.6) is 5.75 Å². The van der Waals surface area contributed by atoms with Crippen molar-refractivity contribution >= 4 is 33.3 Å². The number of carbonyl (C=O) groups excluding carboxylic acids is 2. The van der Waals surface area contributed by atoms with Crippen molar-refractivity contribution in [3.63, 3.8) is 0 Å². The molecule has 0 aliphatic rings. The summed E-state index contributed by atoms with van der Waals surface area (Å²) < 4.78 is 48.9. The molecule has 0 aliphatic heterocycles. The molecule has 1 heterocycles. The van der Waals surface area contributed by atoms with Gasteiger partial charge in [-0.05, 0) is 85.5 Å². The van der Waals surface area contributed by atoms with E-state index in [9.17, 15) is 22.4 Å². The van der Waals surface area contributed by atoms with E-state index in [1.807, 2.05) is 0 Å². The van der Waals surface area contributed by atoms with Gasteiger partial charge in [-0.25, -0.2) is 12.8 Å². The summed E-state index contributed by atoms with van der Waals surface area (Å²) in [6, 6.07) is 20.3. The number of aryl methyl sites for hydroxylation is 1. The van der Waals surface area contributed by atoms with Crippen molar-refractivity contribution in [1.82, 2.24) is 8.87 Å². The van der Waals surface area contributed by atoms with Crippen molar-refractivity contribution in [2.75, 3.05) is 20.2 Å². The highest BCUT2D eigenvalue weighted by atomic mass is 35.5. The number of benzene rings is 3. The molecule has 1 aromatic heterocycles. The molecular formula is C31H31ClFN3O5S. The van der Waals surface area contributed by atoms with Crippen LogP contribution < -0.4 is 10.5 Å². The first-order valence-electron chi connectivity index (χ1n) is 13.2. The zero-order valence-electron chi connectivity index (χ0n) is 23.2. The molecule has 0 atom stereocenters. The fourth-order valence-corrected chi connectivity index (χ4v) is 6.16. The van der Waals surface area contributed by atoms with Crippen molar-refractivity contribution in [2.24, 2.45) is 5.73 Å². The molecule has 0 spiro atoms. The number of Topliss-reactive ketones (excluding diaryl/α,β-unsaturated/α-hetero) is 1. The Labute approximate surface area is 249 Å². The summed E-state index contributed by atoms with van der Waals surface area (Å²) in [4.78, 5) is 25.9. The second-order valence-corrected chi connectivity index (χ2v) is 12.1. The first-order valence-corrected chi connectivity index (χ1v) is 15.0. The van der Waals surface area contributed by atoms with E-state index >= 15 is 0 Å². The number of amides is 1. The maximum Gasteiger partial charge on any atom is 0.250 e. The molecule has 0 saturated carbocycles. The summed E-state index contributed by atoms with van der Waals surface area (Å²) in [7, 11) is -2.62. The molecule has 0 aliphatic carbocycles. The minimum atomic E-state index is -4.10. The van der Waals surface area contributed by atoms with E-state index in [4.69, 9.17) is 22.1 Å². The van der Waals surface area contributed by atoms with E-state index in [0.717, 1.165) is 15.4 Å². The lowest BCUT2D eigenvalue weighted by molar-refractivity contribution is 0.0956. The summed E-state index contributed by atoms with van der Waals surface area (Å²) in [5.41, 5.74) is 8.07. The van der Waals surface area contributed by atoms with Gasteiger partial charge in [0.05, 0.1) is 29.8 Å². The lowest BCUT2D eigenvalue weighted by atomic mass is 10.1. The molecule has 220 valence electrons. The van der Waals surface area contributed by atoms with Gasteiger partial charge >= 0.3 is 0 Å². The van der Waals surface area contributed by atoms with Gasteiger partial charge in [-0.1, -0.05) is 35.9 Å². The molecule has 42 heavy (non-hydrogen) atoms. The third-order valence-corrected chi connectivity index (χ3v) is 9.15. The minimum absolute atomic E-state index is 0.00732. The maximum atomic E-state index is 13.8. The van der Waals surface area contributed by atoms with Crippen LogP contribution in [0.3, 0.4) is 0 Å². The molecule has 11 heteroatoms. The highest BCUT2D eigenvalue weighted by Crippen LogP contribution is 2.23. The number of ketones is 1. The summed E-state index contributed by atoms with van der Waals surface area (Å²) in [6.45, 7) is 1.51. The molecule has 3 aromatic carbocycles. The number of carbonyl (C=O) groups is 2. The van der Waals surface area contributed by atoms with Crippen LogP contribution in [0, 0.1) is 12.7 Å². The molecule has 1 amide bonds. The number of ether oxygens (including phenoxy) is 1. The van der Waals surface area contributed by atoms with Gasteiger partial charge in [0.2, 0.25) is 10.0 Å². The van der Waals surface area contributed by atoms with Crippen LogP contribution in [0.4, 0.5) is 4.39 Å². The molecule has 4 aromatic rings. The molecule has 0 bridgehead atoms. The molecule has 0 unspecified atom stereocenters. The summed E-state index contributed by atoms with van der Waals surface area (Å²) in [5, 5.41) is 0.554. The number of hydrogen-bond donors (Lipinski definition) is 1. The van der Waals surface area contributed by atoms with Crippen LogP contribution in [0.1, 0.15) is 37.7 Å². The zero-order valence-corrected chi connectivity index (χ0v) is 24.8. The van der Waals surface area contributed by atoms with Crippen molar-refractivity contribution in [2.45, 2.75) is 31.2 Å². The second-order valence-electron chi connectivity index (χ2n) is 9.73. The Bertz CT molecular complexity index is 1670. The lowest BCUT2D eigenvalue weighted by Gasteiger charge is -2.22. The number of methoxy groups -OCH3 is 1. The predicted molar refractivity (Wildman–Crippen MR) is 159 cm³/mol. The van der Waals surface area contributed by atoms with Crippen LogP contribution >= 0.6 is 11.6 Å². The van der Waals surface area contributed by atoms with Crippen LogP contribution in [-0.4, -0.2) is 49.2 Å². The maximum absolute atomic E-state index is 13.8. The first kappa shape index (κ1) is 31.0. The normalized spacial score (nSPS) is 11.5. The first-order chi connectivity index (χ1) is 20.0. The zero-order chi connectivity index (χ0) is 30.4.